The summed E-state index contributed by atoms with van der Waals surface area (Å²) in [5.74, 6) is 0.111. The van der Waals surface area contributed by atoms with Crippen LogP contribution in [0.4, 0.5) is 5.82 Å². The SMILES string of the molecule is O=C(NNc1nccnc1Cl)C1CCCCCO1. The van der Waals surface area contributed by atoms with Gasteiger partial charge >= 0.3 is 0 Å². The maximum absolute atomic E-state index is 11.8. The Bertz CT molecular complexity index is 408. The van der Waals surface area contributed by atoms with Crippen LogP contribution in [0.1, 0.15) is 25.7 Å². The molecule has 2 heterocycles. The number of carbonyl (C=O) groups is 1. The molecule has 7 heteroatoms. The van der Waals surface area contributed by atoms with Crippen LogP contribution in [0.2, 0.25) is 5.15 Å². The fourth-order valence-corrected chi connectivity index (χ4v) is 1.88. The average molecular weight is 271 g/mol. The summed E-state index contributed by atoms with van der Waals surface area (Å²) in [6, 6.07) is 0. The first-order valence-electron chi connectivity index (χ1n) is 5.91. The highest BCUT2D eigenvalue weighted by Crippen LogP contribution is 2.15. The monoisotopic (exact) mass is 270 g/mol. The minimum Gasteiger partial charge on any atom is -0.368 e. The van der Waals surface area contributed by atoms with Crippen LogP contribution in [0.3, 0.4) is 0 Å². The number of ether oxygens (including phenoxy) is 1. The van der Waals surface area contributed by atoms with Gasteiger partial charge in [0.25, 0.3) is 5.91 Å². The van der Waals surface area contributed by atoms with E-state index in [1.165, 1.54) is 12.4 Å². The highest BCUT2D eigenvalue weighted by Gasteiger charge is 2.20. The van der Waals surface area contributed by atoms with Gasteiger partial charge in [0.05, 0.1) is 0 Å². The van der Waals surface area contributed by atoms with E-state index in [9.17, 15) is 4.79 Å². The average Bonchev–Trinajstić information content (AvgIpc) is 2.66. The van der Waals surface area contributed by atoms with E-state index in [1.54, 1.807) is 0 Å². The van der Waals surface area contributed by atoms with Crippen LogP contribution < -0.4 is 10.9 Å². The van der Waals surface area contributed by atoms with Crippen molar-refractivity contribution in [3.63, 3.8) is 0 Å². The van der Waals surface area contributed by atoms with Crippen LogP contribution in [0.25, 0.3) is 0 Å². The molecule has 1 saturated heterocycles. The Morgan fingerprint density at radius 1 is 1.33 bits per heavy atom. The molecule has 1 aliphatic heterocycles. The number of hydrogen-bond acceptors (Lipinski definition) is 5. The predicted molar refractivity (Wildman–Crippen MR) is 67.0 cm³/mol. The van der Waals surface area contributed by atoms with Gasteiger partial charge in [-0.3, -0.25) is 15.6 Å². The second-order valence-electron chi connectivity index (χ2n) is 4.02. The molecule has 1 aromatic heterocycles. The normalized spacial score (nSPS) is 19.9. The summed E-state index contributed by atoms with van der Waals surface area (Å²) in [5.41, 5.74) is 5.18. The van der Waals surface area contributed by atoms with Crippen molar-refractivity contribution in [2.75, 3.05) is 12.0 Å². The number of nitrogens with one attached hydrogen (secondary N) is 2. The molecular formula is C11H15ClN4O2. The first kappa shape index (κ1) is 13.0. The lowest BCUT2D eigenvalue weighted by atomic mass is 10.1. The molecule has 2 N–H and O–H groups in total. The summed E-state index contributed by atoms with van der Waals surface area (Å²) in [6.07, 6.45) is 6.41. The minimum absolute atomic E-state index is 0.208. The summed E-state index contributed by atoms with van der Waals surface area (Å²) in [6.45, 7) is 0.629. The van der Waals surface area contributed by atoms with Crippen molar-refractivity contribution >= 4 is 23.3 Å². The van der Waals surface area contributed by atoms with Gasteiger partial charge in [0.1, 0.15) is 6.10 Å². The summed E-state index contributed by atoms with van der Waals surface area (Å²) in [4.78, 5) is 19.6. The number of anilines is 1. The largest absolute Gasteiger partial charge is 0.368 e. The Hall–Kier alpha value is -1.40. The van der Waals surface area contributed by atoms with Gasteiger partial charge in [0, 0.05) is 19.0 Å². The van der Waals surface area contributed by atoms with Gasteiger partial charge in [-0.25, -0.2) is 9.97 Å². The van der Waals surface area contributed by atoms with Crippen LogP contribution in [0.5, 0.6) is 0 Å². The van der Waals surface area contributed by atoms with E-state index in [-0.39, 0.29) is 11.1 Å². The zero-order valence-electron chi connectivity index (χ0n) is 9.86. The number of amides is 1. The molecule has 1 unspecified atom stereocenters. The van der Waals surface area contributed by atoms with Crippen molar-refractivity contribution in [3.05, 3.63) is 17.5 Å². The number of aromatic nitrogens is 2. The third-order valence-corrected chi connectivity index (χ3v) is 2.96. The van der Waals surface area contributed by atoms with Gasteiger partial charge in [-0.2, -0.15) is 0 Å². The number of nitrogens with zero attached hydrogens (tertiary/aromatic N) is 2. The second-order valence-corrected chi connectivity index (χ2v) is 4.38. The van der Waals surface area contributed by atoms with Crippen molar-refractivity contribution in [1.82, 2.24) is 15.4 Å². The predicted octanol–water partition coefficient (Wildman–Crippen LogP) is 1.53. The number of rotatable bonds is 3. The molecule has 6 nitrogen and oxygen atoms in total. The second kappa shape index (κ2) is 6.51. The van der Waals surface area contributed by atoms with Gasteiger partial charge in [0.15, 0.2) is 11.0 Å². The summed E-state index contributed by atoms with van der Waals surface area (Å²) < 4.78 is 5.46. The van der Waals surface area contributed by atoms with E-state index in [1.807, 2.05) is 0 Å². The highest BCUT2D eigenvalue weighted by atomic mass is 35.5. The molecule has 1 atom stereocenters. The molecule has 1 aliphatic rings. The van der Waals surface area contributed by atoms with E-state index >= 15 is 0 Å². The van der Waals surface area contributed by atoms with Gasteiger partial charge < -0.3 is 4.74 Å². The Morgan fingerprint density at radius 2 is 2.17 bits per heavy atom. The molecule has 0 radical (unpaired) electrons. The van der Waals surface area contributed by atoms with Crippen molar-refractivity contribution in [2.24, 2.45) is 0 Å². The Morgan fingerprint density at radius 3 is 3.00 bits per heavy atom. The van der Waals surface area contributed by atoms with Crippen molar-refractivity contribution in [3.8, 4) is 0 Å². The summed E-state index contributed by atoms with van der Waals surface area (Å²) in [7, 11) is 0. The minimum atomic E-state index is -0.407. The van der Waals surface area contributed by atoms with E-state index in [0.717, 1.165) is 25.7 Å². The van der Waals surface area contributed by atoms with Gasteiger partial charge in [-0.15, -0.1) is 0 Å². The fourth-order valence-electron chi connectivity index (χ4n) is 1.73. The number of carbonyl (C=O) groups excluding carboxylic acids is 1. The first-order chi connectivity index (χ1) is 8.77. The number of hydrazine groups is 1. The molecule has 1 amide bonds. The summed E-state index contributed by atoms with van der Waals surface area (Å²) >= 11 is 5.80. The smallest absolute Gasteiger partial charge is 0.267 e. The molecule has 0 bridgehead atoms. The van der Waals surface area contributed by atoms with Crippen LogP contribution in [0, 0.1) is 0 Å². The molecule has 1 fully saturated rings. The lowest BCUT2D eigenvalue weighted by molar-refractivity contribution is -0.132. The third-order valence-electron chi connectivity index (χ3n) is 2.68. The van der Waals surface area contributed by atoms with E-state index in [4.69, 9.17) is 16.3 Å². The summed E-state index contributed by atoms with van der Waals surface area (Å²) in [5, 5.41) is 0.208. The van der Waals surface area contributed by atoms with Gasteiger partial charge in [-0.1, -0.05) is 24.4 Å². The van der Waals surface area contributed by atoms with E-state index < -0.39 is 6.10 Å². The molecule has 0 aliphatic carbocycles. The van der Waals surface area contributed by atoms with Crippen LogP contribution in [-0.2, 0) is 9.53 Å². The van der Waals surface area contributed by atoms with Gasteiger partial charge in [0.2, 0.25) is 0 Å². The van der Waals surface area contributed by atoms with Crippen LogP contribution in [-0.4, -0.2) is 28.6 Å². The number of hydrogen-bond donors (Lipinski definition) is 2. The maximum atomic E-state index is 11.8. The fraction of sp³-hybridized carbons (Fsp3) is 0.545. The maximum Gasteiger partial charge on any atom is 0.267 e. The van der Waals surface area contributed by atoms with Crippen molar-refractivity contribution < 1.29 is 9.53 Å². The quantitative estimate of drug-likeness (QED) is 0.815. The molecule has 0 saturated carbocycles. The zero-order valence-corrected chi connectivity index (χ0v) is 10.6. The lowest BCUT2D eigenvalue weighted by Gasteiger charge is -2.15. The lowest BCUT2D eigenvalue weighted by Crippen LogP contribution is -2.39. The Labute approximate surface area is 110 Å². The number of halogens is 1. The molecule has 0 spiro atoms. The zero-order chi connectivity index (χ0) is 12.8. The Kier molecular flexibility index (Phi) is 4.72. The molecular weight excluding hydrogens is 256 g/mol. The molecule has 1 aromatic rings. The topological polar surface area (TPSA) is 76.1 Å². The Balaban J connectivity index is 1.86. The van der Waals surface area contributed by atoms with Crippen LogP contribution in [0.15, 0.2) is 12.4 Å². The van der Waals surface area contributed by atoms with E-state index in [0.29, 0.717) is 12.4 Å². The van der Waals surface area contributed by atoms with Crippen molar-refractivity contribution in [1.29, 1.82) is 0 Å². The standard InChI is InChI=1S/C11H15ClN4O2/c12-9-10(14-6-5-13-9)15-16-11(17)8-4-2-1-3-7-18-8/h5-6,8H,1-4,7H2,(H,14,15)(H,16,17). The van der Waals surface area contributed by atoms with E-state index in [2.05, 4.69) is 20.8 Å². The first-order valence-corrected chi connectivity index (χ1v) is 6.29. The molecule has 2 rings (SSSR count). The highest BCUT2D eigenvalue weighted by molar-refractivity contribution is 6.31. The molecule has 0 aromatic carbocycles. The van der Waals surface area contributed by atoms with Gasteiger partial charge in [-0.05, 0) is 12.8 Å². The van der Waals surface area contributed by atoms with Crippen molar-refractivity contribution in [2.45, 2.75) is 31.8 Å². The third kappa shape index (κ3) is 3.54. The molecule has 18 heavy (non-hydrogen) atoms. The molecule has 98 valence electrons. The van der Waals surface area contributed by atoms with Crippen LogP contribution >= 0.6 is 11.6 Å².